The molecule has 0 N–H and O–H groups in total. The molecular formula is C9H8NO4-. The molecule has 0 saturated heterocycles. The monoisotopic (exact) mass is 194 g/mol. The second-order valence-corrected chi connectivity index (χ2v) is 3.00. The number of carbonyl (C=O) groups excluding carboxylic acids is 1. The predicted molar refractivity (Wildman–Crippen MR) is 46.9 cm³/mol. The Kier molecular flexibility index (Phi) is 2.51. The molecule has 0 aliphatic heterocycles. The summed E-state index contributed by atoms with van der Waals surface area (Å²) in [6.07, 6.45) is 0. The molecular weight excluding hydrogens is 186 g/mol. The quantitative estimate of drug-likeness (QED) is 0.509. The number of hydrogen-bond acceptors (Lipinski definition) is 4. The molecule has 0 amide bonds. The third kappa shape index (κ3) is 1.71. The van der Waals surface area contributed by atoms with E-state index in [1.165, 1.54) is 6.07 Å². The van der Waals surface area contributed by atoms with Gasteiger partial charge in [0.05, 0.1) is 10.9 Å². The third-order valence-electron chi connectivity index (χ3n) is 1.96. The van der Waals surface area contributed by atoms with Gasteiger partial charge in [-0.25, -0.2) is 0 Å². The van der Waals surface area contributed by atoms with Crippen molar-refractivity contribution >= 4 is 11.7 Å². The van der Waals surface area contributed by atoms with Crippen molar-refractivity contribution in [3.05, 3.63) is 38.9 Å². The van der Waals surface area contributed by atoms with Crippen LogP contribution >= 0.6 is 0 Å². The van der Waals surface area contributed by atoms with Crippen LogP contribution in [-0.4, -0.2) is 10.9 Å². The Labute approximate surface area is 80.1 Å². The van der Waals surface area contributed by atoms with Crippen molar-refractivity contribution in [3.8, 4) is 0 Å². The minimum Gasteiger partial charge on any atom is -0.545 e. The summed E-state index contributed by atoms with van der Waals surface area (Å²) >= 11 is 0. The van der Waals surface area contributed by atoms with Gasteiger partial charge in [0.1, 0.15) is 0 Å². The number of nitrogens with zero attached hydrogens (tertiary/aromatic N) is 1. The fraction of sp³-hybridized carbons (Fsp3) is 0.222. The highest BCUT2D eigenvalue weighted by Gasteiger charge is 2.13. The number of hydrogen-bond donors (Lipinski definition) is 0. The summed E-state index contributed by atoms with van der Waals surface area (Å²) in [5, 5.41) is 21.1. The molecule has 74 valence electrons. The normalized spacial score (nSPS) is 9.86. The fourth-order valence-electron chi connectivity index (χ4n) is 1.26. The van der Waals surface area contributed by atoms with Crippen LogP contribution < -0.4 is 5.11 Å². The molecule has 5 heteroatoms. The highest BCUT2D eigenvalue weighted by molar-refractivity contribution is 5.88. The molecule has 0 radical (unpaired) electrons. The van der Waals surface area contributed by atoms with Gasteiger partial charge in [-0.15, -0.1) is 0 Å². The summed E-state index contributed by atoms with van der Waals surface area (Å²) in [6, 6.07) is 2.49. The van der Waals surface area contributed by atoms with E-state index in [-0.39, 0.29) is 11.3 Å². The molecule has 0 unspecified atom stereocenters. The van der Waals surface area contributed by atoms with Gasteiger partial charge >= 0.3 is 0 Å². The highest BCUT2D eigenvalue weighted by atomic mass is 16.6. The molecule has 0 bridgehead atoms. The lowest BCUT2D eigenvalue weighted by Gasteiger charge is -2.07. The topological polar surface area (TPSA) is 83.3 Å². The number of carboxylic acids is 1. The molecule has 0 aliphatic carbocycles. The first-order chi connectivity index (χ1) is 6.43. The molecule has 0 fully saturated rings. The van der Waals surface area contributed by atoms with Crippen LogP contribution in [0.25, 0.3) is 0 Å². The molecule has 14 heavy (non-hydrogen) atoms. The first-order valence-corrected chi connectivity index (χ1v) is 3.90. The van der Waals surface area contributed by atoms with Crippen molar-refractivity contribution in [2.45, 2.75) is 13.8 Å². The van der Waals surface area contributed by atoms with E-state index >= 15 is 0 Å². The smallest absolute Gasteiger partial charge is 0.272 e. The molecule has 1 rings (SSSR count). The SMILES string of the molecule is Cc1cc(C)c([N+](=O)[O-])cc1C(=O)[O-]. The van der Waals surface area contributed by atoms with Crippen LogP contribution in [0.3, 0.4) is 0 Å². The van der Waals surface area contributed by atoms with Crippen LogP contribution in [0.4, 0.5) is 5.69 Å². The molecule has 5 nitrogen and oxygen atoms in total. The molecule has 0 saturated carbocycles. The summed E-state index contributed by atoms with van der Waals surface area (Å²) < 4.78 is 0. The Bertz CT molecular complexity index is 376. The Balaban J connectivity index is 3.42. The van der Waals surface area contributed by atoms with Crippen molar-refractivity contribution in [1.29, 1.82) is 0 Å². The zero-order valence-corrected chi connectivity index (χ0v) is 7.73. The molecule has 0 heterocycles. The van der Waals surface area contributed by atoms with E-state index in [0.29, 0.717) is 11.1 Å². The maximum Gasteiger partial charge on any atom is 0.272 e. The van der Waals surface area contributed by atoms with Crippen LogP contribution in [0.15, 0.2) is 12.1 Å². The first kappa shape index (κ1) is 10.2. The second kappa shape index (κ2) is 3.45. The first-order valence-electron chi connectivity index (χ1n) is 3.90. The molecule has 0 aliphatic rings. The van der Waals surface area contributed by atoms with E-state index < -0.39 is 10.9 Å². The molecule has 1 aromatic carbocycles. The predicted octanol–water partition coefficient (Wildman–Crippen LogP) is 0.575. The van der Waals surface area contributed by atoms with E-state index in [2.05, 4.69) is 0 Å². The van der Waals surface area contributed by atoms with Gasteiger partial charge in [0, 0.05) is 17.2 Å². The van der Waals surface area contributed by atoms with Gasteiger partial charge in [-0.2, -0.15) is 0 Å². The van der Waals surface area contributed by atoms with Gasteiger partial charge in [0.15, 0.2) is 0 Å². The van der Waals surface area contributed by atoms with E-state index in [0.717, 1.165) is 6.07 Å². The Morgan fingerprint density at radius 1 is 1.29 bits per heavy atom. The van der Waals surface area contributed by atoms with E-state index in [1.54, 1.807) is 13.8 Å². The lowest BCUT2D eigenvalue weighted by Crippen LogP contribution is -2.23. The Morgan fingerprint density at radius 3 is 2.29 bits per heavy atom. The van der Waals surface area contributed by atoms with Crippen LogP contribution in [-0.2, 0) is 0 Å². The van der Waals surface area contributed by atoms with Crippen molar-refractivity contribution in [1.82, 2.24) is 0 Å². The van der Waals surface area contributed by atoms with E-state index in [4.69, 9.17) is 0 Å². The number of rotatable bonds is 2. The average Bonchev–Trinajstić information content (AvgIpc) is 2.02. The van der Waals surface area contributed by atoms with Gasteiger partial charge in [-0.05, 0) is 25.5 Å². The van der Waals surface area contributed by atoms with E-state index in [1.807, 2.05) is 0 Å². The minimum atomic E-state index is -1.40. The van der Waals surface area contributed by atoms with Crippen LogP contribution in [0, 0.1) is 24.0 Å². The van der Waals surface area contributed by atoms with Gasteiger partial charge in [-0.3, -0.25) is 10.1 Å². The molecule has 0 spiro atoms. The second-order valence-electron chi connectivity index (χ2n) is 3.00. The maximum absolute atomic E-state index is 10.6. The number of aromatic carboxylic acids is 1. The van der Waals surface area contributed by atoms with Crippen LogP contribution in [0.1, 0.15) is 21.5 Å². The molecule has 0 aromatic heterocycles. The number of nitro groups is 1. The lowest BCUT2D eigenvalue weighted by molar-refractivity contribution is -0.385. The Morgan fingerprint density at radius 2 is 1.86 bits per heavy atom. The number of carboxylic acid groups (broad SMARTS) is 1. The van der Waals surface area contributed by atoms with Gasteiger partial charge in [0.2, 0.25) is 0 Å². The summed E-state index contributed by atoms with van der Waals surface area (Å²) in [6.45, 7) is 3.13. The summed E-state index contributed by atoms with van der Waals surface area (Å²) in [4.78, 5) is 20.5. The Hall–Kier alpha value is -1.91. The van der Waals surface area contributed by atoms with Gasteiger partial charge < -0.3 is 9.90 Å². The number of aryl methyl sites for hydroxylation is 2. The van der Waals surface area contributed by atoms with Crippen molar-refractivity contribution < 1.29 is 14.8 Å². The largest absolute Gasteiger partial charge is 0.545 e. The van der Waals surface area contributed by atoms with Crippen molar-refractivity contribution in [3.63, 3.8) is 0 Å². The van der Waals surface area contributed by atoms with E-state index in [9.17, 15) is 20.0 Å². The van der Waals surface area contributed by atoms with Crippen LogP contribution in [0.5, 0.6) is 0 Å². The van der Waals surface area contributed by atoms with Crippen molar-refractivity contribution in [2.24, 2.45) is 0 Å². The van der Waals surface area contributed by atoms with Crippen LogP contribution in [0.2, 0.25) is 0 Å². The maximum atomic E-state index is 10.6. The zero-order chi connectivity index (χ0) is 10.9. The lowest BCUT2D eigenvalue weighted by atomic mass is 10.0. The third-order valence-corrected chi connectivity index (χ3v) is 1.96. The fourth-order valence-corrected chi connectivity index (χ4v) is 1.26. The minimum absolute atomic E-state index is 0.137. The average molecular weight is 194 g/mol. The summed E-state index contributed by atoms with van der Waals surface area (Å²) in [7, 11) is 0. The summed E-state index contributed by atoms with van der Waals surface area (Å²) in [5.41, 5.74) is 0.572. The standard InChI is InChI=1S/C9H9NO4/c1-5-3-6(2)8(10(13)14)4-7(5)9(11)12/h3-4H,1-2H3,(H,11,12)/p-1. The van der Waals surface area contributed by atoms with Crippen molar-refractivity contribution in [2.75, 3.05) is 0 Å². The zero-order valence-electron chi connectivity index (χ0n) is 7.73. The number of benzene rings is 1. The van der Waals surface area contributed by atoms with Gasteiger partial charge in [-0.1, -0.05) is 0 Å². The number of nitro benzene ring substituents is 1. The molecule has 1 aromatic rings. The summed E-state index contributed by atoms with van der Waals surface area (Å²) in [5.74, 6) is -1.40. The number of carbonyl (C=O) groups is 1. The molecule has 0 atom stereocenters. The highest BCUT2D eigenvalue weighted by Crippen LogP contribution is 2.21. The van der Waals surface area contributed by atoms with Gasteiger partial charge in [0.25, 0.3) is 5.69 Å².